The van der Waals surface area contributed by atoms with E-state index in [-0.39, 0.29) is 6.10 Å². The molecule has 1 N–H and O–H groups in total. The quantitative estimate of drug-likeness (QED) is 0.940. The van der Waals surface area contributed by atoms with Gasteiger partial charge in [-0.05, 0) is 12.8 Å². The normalized spacial score (nSPS) is 22.2. The van der Waals surface area contributed by atoms with Gasteiger partial charge in [-0.1, -0.05) is 11.6 Å². The summed E-state index contributed by atoms with van der Waals surface area (Å²) in [4.78, 5) is 8.31. The Morgan fingerprint density at radius 2 is 2.19 bits per heavy atom. The van der Waals surface area contributed by atoms with Gasteiger partial charge in [0.25, 0.3) is 0 Å². The fourth-order valence-corrected chi connectivity index (χ4v) is 2.73. The molecule has 0 aromatic carbocycles. The molecule has 2 atom stereocenters. The zero-order chi connectivity index (χ0) is 14.7. The second-order valence-electron chi connectivity index (χ2n) is 5.25. The molecule has 1 saturated heterocycles. The number of ether oxygens (including phenoxy) is 1. The third-order valence-corrected chi connectivity index (χ3v) is 3.84. The van der Waals surface area contributed by atoms with E-state index in [4.69, 9.17) is 16.3 Å². The van der Waals surface area contributed by atoms with Gasteiger partial charge in [0.15, 0.2) is 0 Å². The van der Waals surface area contributed by atoms with Crippen LogP contribution in [0.15, 0.2) is 24.8 Å². The number of aromatic nitrogens is 4. The van der Waals surface area contributed by atoms with Crippen molar-refractivity contribution >= 4 is 17.5 Å². The predicted octanol–water partition coefficient (Wildman–Crippen LogP) is 2.44. The van der Waals surface area contributed by atoms with Crippen molar-refractivity contribution in [3.8, 4) is 0 Å². The van der Waals surface area contributed by atoms with Crippen molar-refractivity contribution in [3.05, 3.63) is 35.4 Å². The number of hydrogen-bond acceptors (Lipinski definition) is 5. The van der Waals surface area contributed by atoms with E-state index in [1.54, 1.807) is 17.1 Å². The molecule has 1 aliphatic heterocycles. The molecular weight excluding hydrogens is 290 g/mol. The SMILES string of the molecule is Cn1cc([C@@H]2OCCC[C@H]2CNc2ncc(Cl)cn2)cn1. The highest BCUT2D eigenvalue weighted by atomic mass is 35.5. The van der Waals surface area contributed by atoms with E-state index in [0.29, 0.717) is 16.9 Å². The van der Waals surface area contributed by atoms with Gasteiger partial charge in [0.05, 0.1) is 29.7 Å². The summed E-state index contributed by atoms with van der Waals surface area (Å²) in [6, 6.07) is 0. The van der Waals surface area contributed by atoms with E-state index < -0.39 is 0 Å². The highest BCUT2D eigenvalue weighted by molar-refractivity contribution is 6.30. The van der Waals surface area contributed by atoms with Gasteiger partial charge in [-0.15, -0.1) is 0 Å². The van der Waals surface area contributed by atoms with E-state index in [1.165, 1.54) is 0 Å². The number of hydrogen-bond donors (Lipinski definition) is 1. The maximum Gasteiger partial charge on any atom is 0.222 e. The first-order valence-electron chi connectivity index (χ1n) is 7.04. The number of nitrogens with one attached hydrogen (secondary N) is 1. The first-order valence-corrected chi connectivity index (χ1v) is 7.42. The Labute approximate surface area is 128 Å². The Balaban J connectivity index is 1.65. The van der Waals surface area contributed by atoms with Crippen molar-refractivity contribution in [2.45, 2.75) is 18.9 Å². The van der Waals surface area contributed by atoms with Gasteiger partial charge in [-0.25, -0.2) is 9.97 Å². The Hall–Kier alpha value is -1.66. The molecule has 0 radical (unpaired) electrons. The zero-order valence-electron chi connectivity index (χ0n) is 11.9. The van der Waals surface area contributed by atoms with Crippen LogP contribution in [-0.2, 0) is 11.8 Å². The van der Waals surface area contributed by atoms with Gasteiger partial charge < -0.3 is 10.1 Å². The highest BCUT2D eigenvalue weighted by Gasteiger charge is 2.28. The van der Waals surface area contributed by atoms with E-state index in [2.05, 4.69) is 20.4 Å². The van der Waals surface area contributed by atoms with Crippen LogP contribution in [0.25, 0.3) is 0 Å². The summed E-state index contributed by atoms with van der Waals surface area (Å²) in [6.07, 6.45) is 9.33. The summed E-state index contributed by atoms with van der Waals surface area (Å²) in [5.74, 6) is 0.970. The highest BCUT2D eigenvalue weighted by Crippen LogP contribution is 2.33. The summed E-state index contributed by atoms with van der Waals surface area (Å²) >= 11 is 5.78. The third kappa shape index (κ3) is 3.51. The number of aryl methyl sites for hydroxylation is 1. The first kappa shape index (κ1) is 14.3. The van der Waals surface area contributed by atoms with Crippen molar-refractivity contribution < 1.29 is 4.74 Å². The summed E-state index contributed by atoms with van der Waals surface area (Å²) in [5.41, 5.74) is 1.13. The van der Waals surface area contributed by atoms with Crippen molar-refractivity contribution in [2.75, 3.05) is 18.5 Å². The average molecular weight is 308 g/mol. The molecule has 6 nitrogen and oxygen atoms in total. The molecule has 0 spiro atoms. The first-order chi connectivity index (χ1) is 10.2. The van der Waals surface area contributed by atoms with Gasteiger partial charge in [-0.3, -0.25) is 4.68 Å². The number of halogens is 1. The van der Waals surface area contributed by atoms with Crippen LogP contribution in [0.4, 0.5) is 5.95 Å². The molecule has 112 valence electrons. The van der Waals surface area contributed by atoms with Gasteiger partial charge in [0.2, 0.25) is 5.95 Å². The van der Waals surface area contributed by atoms with E-state index >= 15 is 0 Å². The van der Waals surface area contributed by atoms with Crippen molar-refractivity contribution in [3.63, 3.8) is 0 Å². The smallest absolute Gasteiger partial charge is 0.222 e. The molecule has 7 heteroatoms. The largest absolute Gasteiger partial charge is 0.373 e. The number of nitrogens with zero attached hydrogens (tertiary/aromatic N) is 4. The molecule has 0 amide bonds. The van der Waals surface area contributed by atoms with Crippen LogP contribution in [0, 0.1) is 5.92 Å². The van der Waals surface area contributed by atoms with Crippen molar-refractivity contribution in [2.24, 2.45) is 13.0 Å². The Kier molecular flexibility index (Phi) is 4.36. The van der Waals surface area contributed by atoms with Crippen LogP contribution in [0.3, 0.4) is 0 Å². The van der Waals surface area contributed by atoms with Crippen LogP contribution in [0.2, 0.25) is 5.02 Å². The summed E-state index contributed by atoms with van der Waals surface area (Å²) in [5, 5.41) is 8.03. The van der Waals surface area contributed by atoms with E-state index in [1.807, 2.05) is 19.4 Å². The lowest BCUT2D eigenvalue weighted by Crippen LogP contribution is -2.28. The standard InChI is InChI=1S/C14H18ClN5O/c1-20-9-11(6-19-20)13-10(3-2-4-21-13)5-16-14-17-7-12(15)8-18-14/h6-10,13H,2-5H2,1H3,(H,16,17,18)/t10-,13+/m0/s1. The minimum Gasteiger partial charge on any atom is -0.373 e. The van der Waals surface area contributed by atoms with Gasteiger partial charge >= 0.3 is 0 Å². The average Bonchev–Trinajstić information content (AvgIpc) is 2.93. The van der Waals surface area contributed by atoms with Crippen LogP contribution in [-0.4, -0.2) is 32.9 Å². The van der Waals surface area contributed by atoms with Crippen molar-refractivity contribution in [1.82, 2.24) is 19.7 Å². The predicted molar refractivity (Wildman–Crippen MR) is 80.2 cm³/mol. The molecule has 3 rings (SSSR count). The van der Waals surface area contributed by atoms with Gasteiger partial charge in [0.1, 0.15) is 0 Å². The van der Waals surface area contributed by atoms with Crippen LogP contribution in [0.1, 0.15) is 24.5 Å². The molecule has 0 aliphatic carbocycles. The fourth-order valence-electron chi connectivity index (χ4n) is 2.63. The van der Waals surface area contributed by atoms with Crippen molar-refractivity contribution in [1.29, 1.82) is 0 Å². The van der Waals surface area contributed by atoms with E-state index in [9.17, 15) is 0 Å². The molecule has 0 unspecified atom stereocenters. The van der Waals surface area contributed by atoms with Gasteiger partial charge in [-0.2, -0.15) is 5.10 Å². The molecule has 2 aromatic rings. The fraction of sp³-hybridized carbons (Fsp3) is 0.500. The lowest BCUT2D eigenvalue weighted by atomic mass is 9.91. The number of rotatable bonds is 4. The Morgan fingerprint density at radius 1 is 1.38 bits per heavy atom. The topological polar surface area (TPSA) is 64.9 Å². The van der Waals surface area contributed by atoms with Crippen LogP contribution < -0.4 is 5.32 Å². The monoisotopic (exact) mass is 307 g/mol. The molecule has 2 aromatic heterocycles. The summed E-state index contributed by atoms with van der Waals surface area (Å²) in [6.45, 7) is 1.56. The molecule has 21 heavy (non-hydrogen) atoms. The number of anilines is 1. The molecule has 0 bridgehead atoms. The maximum absolute atomic E-state index is 5.94. The second-order valence-corrected chi connectivity index (χ2v) is 5.68. The third-order valence-electron chi connectivity index (χ3n) is 3.64. The Morgan fingerprint density at radius 3 is 2.90 bits per heavy atom. The molecule has 3 heterocycles. The lowest BCUT2D eigenvalue weighted by molar-refractivity contribution is -0.0239. The van der Waals surface area contributed by atoms with Crippen LogP contribution >= 0.6 is 11.6 Å². The molecular formula is C14H18ClN5O. The maximum atomic E-state index is 5.94. The van der Waals surface area contributed by atoms with E-state index in [0.717, 1.165) is 31.6 Å². The Bertz CT molecular complexity index is 585. The summed E-state index contributed by atoms with van der Waals surface area (Å²) < 4.78 is 7.75. The second kappa shape index (κ2) is 6.41. The lowest BCUT2D eigenvalue weighted by Gasteiger charge is -2.31. The van der Waals surface area contributed by atoms with Crippen LogP contribution in [0.5, 0.6) is 0 Å². The zero-order valence-corrected chi connectivity index (χ0v) is 12.6. The summed E-state index contributed by atoms with van der Waals surface area (Å²) in [7, 11) is 1.92. The minimum absolute atomic E-state index is 0.0762. The molecule has 0 saturated carbocycles. The molecule has 1 aliphatic rings. The minimum atomic E-state index is 0.0762. The van der Waals surface area contributed by atoms with Gasteiger partial charge in [0, 0.05) is 37.9 Å². The molecule has 1 fully saturated rings.